The van der Waals surface area contributed by atoms with Gasteiger partial charge in [0.05, 0.1) is 0 Å². The summed E-state index contributed by atoms with van der Waals surface area (Å²) in [5, 5.41) is 9.33. The topological polar surface area (TPSA) is 60.9 Å². The lowest BCUT2D eigenvalue weighted by atomic mass is 9.87. The summed E-state index contributed by atoms with van der Waals surface area (Å²) in [6.07, 6.45) is 1.63. The van der Waals surface area contributed by atoms with Crippen LogP contribution in [0.15, 0.2) is 0 Å². The number of carboxylic acid groups (broad SMARTS) is 1. The van der Waals surface area contributed by atoms with E-state index >= 15 is 0 Å². The summed E-state index contributed by atoms with van der Waals surface area (Å²) in [6.45, 7) is 8.09. The van der Waals surface area contributed by atoms with Crippen LogP contribution in [0.5, 0.6) is 0 Å². The van der Waals surface area contributed by atoms with Gasteiger partial charge in [0.25, 0.3) is 0 Å². The summed E-state index contributed by atoms with van der Waals surface area (Å²) < 4.78 is 0. The predicted molar refractivity (Wildman–Crippen MR) is 72.2 cm³/mol. The van der Waals surface area contributed by atoms with Gasteiger partial charge in [-0.15, -0.1) is 0 Å². The molecule has 2 aliphatic heterocycles. The minimum atomic E-state index is -0.959. The van der Waals surface area contributed by atoms with E-state index in [0.717, 1.165) is 19.4 Å². The molecule has 0 unspecified atom stereocenters. The number of Topliss-reactive ketones (excluding diaryl/α,β-unsaturated/α-hetero) is 1. The number of fused-ring (bicyclic) bond motifs is 1. The lowest BCUT2D eigenvalue weighted by molar-refractivity contribution is -0.128. The molecule has 1 N–H and O–H groups in total. The minimum absolute atomic E-state index is 0.0558. The number of ketones is 1. The first-order valence-corrected chi connectivity index (χ1v) is 7.04. The van der Waals surface area contributed by atoms with E-state index in [1.54, 1.807) is 0 Å². The molecule has 2 fully saturated rings. The zero-order chi connectivity index (χ0) is 14.2. The van der Waals surface area contributed by atoms with E-state index in [4.69, 9.17) is 0 Å². The molecule has 0 aromatic rings. The molecule has 0 aliphatic carbocycles. The zero-order valence-corrected chi connectivity index (χ0v) is 12.1. The van der Waals surface area contributed by atoms with E-state index in [9.17, 15) is 14.7 Å². The first kappa shape index (κ1) is 14.3. The number of rotatable bonds is 2. The molecule has 0 spiro atoms. The second-order valence-electron chi connectivity index (χ2n) is 6.95. The van der Waals surface area contributed by atoms with Crippen molar-refractivity contribution in [2.45, 2.75) is 52.1 Å². The summed E-state index contributed by atoms with van der Waals surface area (Å²) in [6, 6.07) is -0.166. The second kappa shape index (κ2) is 5.12. The highest BCUT2D eigenvalue weighted by molar-refractivity contribution is 5.88. The summed E-state index contributed by atoms with van der Waals surface area (Å²) in [5.74, 6) is 0.0558. The molecule has 19 heavy (non-hydrogen) atoms. The Morgan fingerprint density at radius 3 is 2.53 bits per heavy atom. The molecule has 0 aromatic heterocycles. The van der Waals surface area contributed by atoms with E-state index < -0.39 is 12.1 Å². The fourth-order valence-corrected chi connectivity index (χ4v) is 3.14. The third-order valence-corrected chi connectivity index (χ3v) is 4.01. The summed E-state index contributed by atoms with van der Waals surface area (Å²) in [7, 11) is 0. The lowest BCUT2D eigenvalue weighted by Gasteiger charge is -2.42. The number of carbonyl (C=O) groups is 2. The molecular formula is C14H24N2O3. The summed E-state index contributed by atoms with van der Waals surface area (Å²) >= 11 is 0. The third kappa shape index (κ3) is 3.26. The van der Waals surface area contributed by atoms with Crippen LogP contribution in [0.4, 0.5) is 4.79 Å². The normalized spacial score (nSPS) is 28.3. The van der Waals surface area contributed by atoms with Crippen LogP contribution in [0.3, 0.4) is 0 Å². The average Bonchev–Trinajstić information content (AvgIpc) is 2.71. The van der Waals surface area contributed by atoms with Crippen molar-refractivity contribution < 1.29 is 14.7 Å². The van der Waals surface area contributed by atoms with Crippen molar-refractivity contribution >= 4 is 11.9 Å². The van der Waals surface area contributed by atoms with Crippen LogP contribution in [0.1, 0.15) is 40.0 Å². The van der Waals surface area contributed by atoms with Crippen LogP contribution in [0.25, 0.3) is 0 Å². The largest absolute Gasteiger partial charge is 0.465 e. The SMILES string of the molecule is CC(C)(C)CC(=O)[C@@H]1CN2CCC[C@@H]2CN1C(=O)O. The predicted octanol–water partition coefficient (Wildman–Crippen LogP) is 1.82. The van der Waals surface area contributed by atoms with Gasteiger partial charge in [0, 0.05) is 25.6 Å². The van der Waals surface area contributed by atoms with Crippen LogP contribution < -0.4 is 0 Å². The van der Waals surface area contributed by atoms with E-state index in [1.807, 2.05) is 20.8 Å². The maximum absolute atomic E-state index is 12.4. The number of hydrogen-bond donors (Lipinski definition) is 1. The first-order valence-electron chi connectivity index (χ1n) is 7.04. The van der Waals surface area contributed by atoms with E-state index in [0.29, 0.717) is 25.6 Å². The highest BCUT2D eigenvalue weighted by atomic mass is 16.4. The van der Waals surface area contributed by atoms with Gasteiger partial charge in [-0.25, -0.2) is 4.79 Å². The molecule has 0 aromatic carbocycles. The average molecular weight is 268 g/mol. The van der Waals surface area contributed by atoms with Gasteiger partial charge in [-0.3, -0.25) is 14.6 Å². The van der Waals surface area contributed by atoms with Gasteiger partial charge in [0.15, 0.2) is 5.78 Å². The Labute approximate surface area is 114 Å². The summed E-state index contributed by atoms with van der Waals surface area (Å²) in [4.78, 5) is 27.4. The number of amides is 1. The monoisotopic (exact) mass is 268 g/mol. The molecule has 2 saturated heterocycles. The van der Waals surface area contributed by atoms with Gasteiger partial charge in [0.1, 0.15) is 6.04 Å². The molecule has 0 saturated carbocycles. The van der Waals surface area contributed by atoms with Gasteiger partial charge in [-0.1, -0.05) is 20.8 Å². The summed E-state index contributed by atoms with van der Waals surface area (Å²) in [5.41, 5.74) is -0.0941. The standard InChI is InChI=1S/C14H24N2O3/c1-14(2,3)7-12(17)11-9-15-6-4-5-10(15)8-16(11)13(18)19/h10-11H,4-9H2,1-3H3,(H,18,19)/t10-,11+/m1/s1. The Bertz CT molecular complexity index is 375. The molecule has 2 atom stereocenters. The Morgan fingerprint density at radius 1 is 1.26 bits per heavy atom. The zero-order valence-electron chi connectivity index (χ0n) is 12.1. The van der Waals surface area contributed by atoms with Crippen molar-refractivity contribution in [1.29, 1.82) is 0 Å². The molecule has 5 nitrogen and oxygen atoms in total. The molecule has 1 amide bonds. The van der Waals surface area contributed by atoms with Crippen LogP contribution in [-0.2, 0) is 4.79 Å². The van der Waals surface area contributed by atoms with Crippen LogP contribution in [0.2, 0.25) is 0 Å². The van der Waals surface area contributed by atoms with Crippen molar-refractivity contribution in [3.05, 3.63) is 0 Å². The molecule has 5 heteroatoms. The molecule has 2 aliphatic rings. The third-order valence-electron chi connectivity index (χ3n) is 4.01. The Hall–Kier alpha value is -1.10. The number of nitrogens with zero attached hydrogens (tertiary/aromatic N) is 2. The van der Waals surface area contributed by atoms with E-state index in [2.05, 4.69) is 4.90 Å². The lowest BCUT2D eigenvalue weighted by Crippen LogP contribution is -2.60. The smallest absolute Gasteiger partial charge is 0.408 e. The van der Waals surface area contributed by atoms with Gasteiger partial charge in [0.2, 0.25) is 0 Å². The fourth-order valence-electron chi connectivity index (χ4n) is 3.14. The Kier molecular flexibility index (Phi) is 3.85. The van der Waals surface area contributed by atoms with Gasteiger partial charge < -0.3 is 5.11 Å². The van der Waals surface area contributed by atoms with Crippen molar-refractivity contribution in [2.75, 3.05) is 19.6 Å². The number of piperazine rings is 1. The number of hydrogen-bond acceptors (Lipinski definition) is 3. The van der Waals surface area contributed by atoms with Crippen LogP contribution in [0, 0.1) is 5.41 Å². The fraction of sp³-hybridized carbons (Fsp3) is 0.857. The molecule has 108 valence electrons. The molecule has 0 radical (unpaired) electrons. The molecule has 2 rings (SSSR count). The molecular weight excluding hydrogens is 244 g/mol. The van der Waals surface area contributed by atoms with Crippen LogP contribution >= 0.6 is 0 Å². The van der Waals surface area contributed by atoms with Gasteiger partial charge in [-0.2, -0.15) is 0 Å². The highest BCUT2D eigenvalue weighted by Gasteiger charge is 2.42. The first-order chi connectivity index (χ1) is 8.78. The van der Waals surface area contributed by atoms with E-state index in [1.165, 1.54) is 4.90 Å². The molecule has 2 heterocycles. The quantitative estimate of drug-likeness (QED) is 0.830. The second-order valence-corrected chi connectivity index (χ2v) is 6.95. The highest BCUT2D eigenvalue weighted by Crippen LogP contribution is 2.28. The maximum Gasteiger partial charge on any atom is 0.408 e. The van der Waals surface area contributed by atoms with Crippen molar-refractivity contribution in [2.24, 2.45) is 5.41 Å². The van der Waals surface area contributed by atoms with Crippen molar-refractivity contribution in [1.82, 2.24) is 9.80 Å². The Morgan fingerprint density at radius 2 is 1.95 bits per heavy atom. The van der Waals surface area contributed by atoms with Gasteiger partial charge in [-0.05, 0) is 24.8 Å². The number of carbonyl (C=O) groups excluding carboxylic acids is 1. The van der Waals surface area contributed by atoms with Crippen molar-refractivity contribution in [3.8, 4) is 0 Å². The van der Waals surface area contributed by atoms with Crippen LogP contribution in [-0.4, -0.2) is 58.5 Å². The molecule has 0 bridgehead atoms. The van der Waals surface area contributed by atoms with Gasteiger partial charge >= 0.3 is 6.09 Å². The van der Waals surface area contributed by atoms with Crippen molar-refractivity contribution in [3.63, 3.8) is 0 Å². The van der Waals surface area contributed by atoms with E-state index in [-0.39, 0.29) is 11.2 Å². The maximum atomic E-state index is 12.4. The minimum Gasteiger partial charge on any atom is -0.465 e. The Balaban J connectivity index is 2.11.